The summed E-state index contributed by atoms with van der Waals surface area (Å²) in [6.07, 6.45) is 3.91. The van der Waals surface area contributed by atoms with Gasteiger partial charge in [-0.2, -0.15) is 0 Å². The maximum absolute atomic E-state index is 4.53. The van der Waals surface area contributed by atoms with Gasteiger partial charge in [0.25, 0.3) is 0 Å². The first kappa shape index (κ1) is 13.1. The lowest BCUT2D eigenvalue weighted by Gasteiger charge is -2.18. The molecule has 1 aliphatic rings. The van der Waals surface area contributed by atoms with E-state index >= 15 is 0 Å². The lowest BCUT2D eigenvalue weighted by Crippen LogP contribution is -2.25. The summed E-state index contributed by atoms with van der Waals surface area (Å²) in [6, 6.07) is 4.85. The van der Waals surface area contributed by atoms with E-state index in [2.05, 4.69) is 38.6 Å². The third kappa shape index (κ3) is 3.19. The molecule has 0 aromatic carbocycles. The molecule has 4 nitrogen and oxygen atoms in total. The lowest BCUT2D eigenvalue weighted by molar-refractivity contribution is 0.305. The van der Waals surface area contributed by atoms with Crippen molar-refractivity contribution in [2.45, 2.75) is 30.5 Å². The normalized spacial score (nSPS) is 20.2. The SMILES string of the molecule is CN1CCC[C@@H]1CCSc1n[nH]c(-c2cccs2)n1. The maximum Gasteiger partial charge on any atom is 0.208 e. The van der Waals surface area contributed by atoms with Crippen molar-refractivity contribution in [3.63, 3.8) is 0 Å². The molecule has 0 unspecified atom stereocenters. The summed E-state index contributed by atoms with van der Waals surface area (Å²) >= 11 is 3.44. The van der Waals surface area contributed by atoms with Crippen LogP contribution in [0.2, 0.25) is 0 Å². The predicted octanol–water partition coefficient (Wildman–Crippen LogP) is 3.11. The first-order valence-corrected chi connectivity index (χ1v) is 8.49. The van der Waals surface area contributed by atoms with E-state index < -0.39 is 0 Å². The second kappa shape index (κ2) is 6.07. The molecule has 102 valence electrons. The monoisotopic (exact) mass is 294 g/mol. The van der Waals surface area contributed by atoms with E-state index in [9.17, 15) is 0 Å². The van der Waals surface area contributed by atoms with Crippen molar-refractivity contribution >= 4 is 23.1 Å². The van der Waals surface area contributed by atoms with Crippen LogP contribution in [0.15, 0.2) is 22.7 Å². The third-order valence-electron chi connectivity index (χ3n) is 3.57. The Hall–Kier alpha value is -0.850. The molecule has 0 radical (unpaired) electrons. The molecule has 19 heavy (non-hydrogen) atoms. The van der Waals surface area contributed by atoms with Crippen LogP contribution in [0.4, 0.5) is 0 Å². The zero-order valence-electron chi connectivity index (χ0n) is 11.0. The number of thioether (sulfide) groups is 1. The van der Waals surface area contributed by atoms with Gasteiger partial charge in [-0.1, -0.05) is 17.8 Å². The van der Waals surface area contributed by atoms with Gasteiger partial charge in [-0.15, -0.1) is 16.4 Å². The number of H-pyrrole nitrogens is 1. The Morgan fingerprint density at radius 2 is 2.53 bits per heavy atom. The molecule has 1 N–H and O–H groups in total. The number of nitrogens with one attached hydrogen (secondary N) is 1. The van der Waals surface area contributed by atoms with Gasteiger partial charge in [0, 0.05) is 11.8 Å². The van der Waals surface area contributed by atoms with Gasteiger partial charge >= 0.3 is 0 Å². The van der Waals surface area contributed by atoms with Gasteiger partial charge in [0.05, 0.1) is 4.88 Å². The number of nitrogens with zero attached hydrogens (tertiary/aromatic N) is 3. The average Bonchev–Trinajstić information content (AvgIpc) is 3.11. The summed E-state index contributed by atoms with van der Waals surface area (Å²) in [5.74, 6) is 1.98. The van der Waals surface area contributed by atoms with E-state index in [-0.39, 0.29) is 0 Å². The summed E-state index contributed by atoms with van der Waals surface area (Å²) in [4.78, 5) is 8.14. The van der Waals surface area contributed by atoms with Crippen molar-refractivity contribution in [3.8, 4) is 10.7 Å². The Balaban J connectivity index is 1.50. The molecule has 1 saturated heterocycles. The van der Waals surface area contributed by atoms with Crippen LogP contribution in [-0.4, -0.2) is 45.5 Å². The van der Waals surface area contributed by atoms with Gasteiger partial charge in [-0.05, 0) is 44.3 Å². The summed E-state index contributed by atoms with van der Waals surface area (Å²) in [5, 5.41) is 10.2. The van der Waals surface area contributed by atoms with Crippen molar-refractivity contribution in [1.82, 2.24) is 20.1 Å². The number of likely N-dealkylation sites (tertiary alicyclic amines) is 1. The quantitative estimate of drug-likeness (QED) is 0.861. The zero-order valence-corrected chi connectivity index (χ0v) is 12.6. The number of thiophene rings is 1. The smallest absolute Gasteiger partial charge is 0.208 e. The highest BCUT2D eigenvalue weighted by molar-refractivity contribution is 7.99. The topological polar surface area (TPSA) is 44.8 Å². The van der Waals surface area contributed by atoms with Gasteiger partial charge in [0.1, 0.15) is 0 Å². The minimum Gasteiger partial charge on any atom is -0.303 e. The predicted molar refractivity (Wildman–Crippen MR) is 80.7 cm³/mol. The first-order valence-electron chi connectivity index (χ1n) is 6.62. The van der Waals surface area contributed by atoms with Crippen LogP contribution in [0.5, 0.6) is 0 Å². The second-order valence-corrected chi connectivity index (χ2v) is 6.87. The fourth-order valence-electron chi connectivity index (χ4n) is 2.46. The number of hydrogen-bond donors (Lipinski definition) is 1. The summed E-state index contributed by atoms with van der Waals surface area (Å²) in [7, 11) is 2.23. The highest BCUT2D eigenvalue weighted by Gasteiger charge is 2.20. The molecule has 0 saturated carbocycles. The van der Waals surface area contributed by atoms with Crippen LogP contribution in [0, 0.1) is 0 Å². The van der Waals surface area contributed by atoms with Gasteiger partial charge in [0.15, 0.2) is 5.82 Å². The zero-order chi connectivity index (χ0) is 13.1. The summed E-state index contributed by atoms with van der Waals surface area (Å²) < 4.78 is 0. The fourth-order valence-corrected chi connectivity index (χ4v) is 3.97. The molecule has 1 aliphatic heterocycles. The molecule has 0 amide bonds. The molecule has 2 aromatic rings. The molecule has 3 heterocycles. The summed E-state index contributed by atoms with van der Waals surface area (Å²) in [6.45, 7) is 1.25. The maximum atomic E-state index is 4.53. The minimum absolute atomic E-state index is 0.753. The van der Waals surface area contributed by atoms with Crippen molar-refractivity contribution in [1.29, 1.82) is 0 Å². The Labute approximate surface area is 121 Å². The molecular formula is C13H18N4S2. The molecule has 0 aliphatic carbocycles. The van der Waals surface area contributed by atoms with E-state index in [1.807, 2.05) is 6.07 Å². The van der Waals surface area contributed by atoms with E-state index in [0.29, 0.717) is 0 Å². The number of hydrogen-bond acceptors (Lipinski definition) is 5. The lowest BCUT2D eigenvalue weighted by atomic mass is 10.2. The first-order chi connectivity index (χ1) is 9.33. The molecule has 0 spiro atoms. The molecule has 2 aromatic heterocycles. The van der Waals surface area contributed by atoms with Crippen LogP contribution in [-0.2, 0) is 0 Å². The van der Waals surface area contributed by atoms with Crippen LogP contribution < -0.4 is 0 Å². The molecular weight excluding hydrogens is 276 g/mol. The van der Waals surface area contributed by atoms with Gasteiger partial charge in [-0.3, -0.25) is 5.10 Å². The number of rotatable bonds is 5. The minimum atomic E-state index is 0.753. The van der Waals surface area contributed by atoms with Crippen LogP contribution in [0.3, 0.4) is 0 Å². The third-order valence-corrected chi connectivity index (χ3v) is 5.33. The van der Waals surface area contributed by atoms with Gasteiger partial charge in [0.2, 0.25) is 5.16 Å². The largest absolute Gasteiger partial charge is 0.303 e. The van der Waals surface area contributed by atoms with Gasteiger partial charge < -0.3 is 4.90 Å². The van der Waals surface area contributed by atoms with Crippen LogP contribution >= 0.6 is 23.1 Å². The highest BCUT2D eigenvalue weighted by atomic mass is 32.2. The van der Waals surface area contributed by atoms with E-state index in [1.165, 1.54) is 25.8 Å². The van der Waals surface area contributed by atoms with Gasteiger partial charge in [-0.25, -0.2) is 4.98 Å². The van der Waals surface area contributed by atoms with Crippen molar-refractivity contribution < 1.29 is 0 Å². The van der Waals surface area contributed by atoms with E-state index in [0.717, 1.165) is 27.7 Å². The van der Waals surface area contributed by atoms with Crippen LogP contribution in [0.1, 0.15) is 19.3 Å². The molecule has 1 fully saturated rings. The Morgan fingerprint density at radius 1 is 1.58 bits per heavy atom. The Kier molecular flexibility index (Phi) is 4.20. The molecule has 6 heteroatoms. The Morgan fingerprint density at radius 3 is 3.26 bits per heavy atom. The van der Waals surface area contributed by atoms with Crippen LogP contribution in [0.25, 0.3) is 10.7 Å². The average molecular weight is 294 g/mol. The Bertz CT molecular complexity index is 508. The van der Waals surface area contributed by atoms with Crippen molar-refractivity contribution in [2.24, 2.45) is 0 Å². The fraction of sp³-hybridized carbons (Fsp3) is 0.538. The number of aromatic amines is 1. The van der Waals surface area contributed by atoms with E-state index in [1.54, 1.807) is 23.1 Å². The number of aromatic nitrogens is 3. The molecule has 3 rings (SSSR count). The highest BCUT2D eigenvalue weighted by Crippen LogP contribution is 2.25. The van der Waals surface area contributed by atoms with E-state index in [4.69, 9.17) is 0 Å². The van der Waals surface area contributed by atoms with Crippen molar-refractivity contribution in [2.75, 3.05) is 19.3 Å². The second-order valence-electron chi connectivity index (χ2n) is 4.86. The standard InChI is InChI=1S/C13H18N4S2/c1-17-7-2-4-10(17)6-9-19-13-14-12(15-16-13)11-5-3-8-18-11/h3,5,8,10H,2,4,6-7,9H2,1H3,(H,14,15,16)/t10-/m1/s1. The molecule has 1 atom stereocenters. The van der Waals surface area contributed by atoms with Crippen molar-refractivity contribution in [3.05, 3.63) is 17.5 Å². The molecule has 0 bridgehead atoms. The summed E-state index contributed by atoms with van der Waals surface area (Å²) in [5.41, 5.74) is 0.